The van der Waals surface area contributed by atoms with Crippen LogP contribution in [0, 0.1) is 32.1 Å². The summed E-state index contributed by atoms with van der Waals surface area (Å²) >= 11 is 0. The van der Waals surface area contributed by atoms with Crippen LogP contribution in [0.3, 0.4) is 0 Å². The minimum absolute atomic E-state index is 0.704. The van der Waals surface area contributed by atoms with Crippen molar-refractivity contribution in [3.63, 3.8) is 0 Å². The highest BCUT2D eigenvalue weighted by atomic mass is 14.2. The molecule has 0 fully saturated rings. The molecular formula is C18H17N. The molecule has 0 atom stereocenters. The SMILES string of the molecule is Cc1cc(C)c(/C=C(\C#N)c2ccccc2)c(C)c1. The number of hydrogen-bond acceptors (Lipinski definition) is 1. The van der Waals surface area contributed by atoms with Crippen molar-refractivity contribution in [3.05, 3.63) is 70.3 Å². The Bertz CT molecular complexity index is 635. The first-order valence-electron chi connectivity index (χ1n) is 6.37. The van der Waals surface area contributed by atoms with Crippen LogP contribution in [-0.4, -0.2) is 0 Å². The number of nitriles is 1. The maximum atomic E-state index is 9.36. The first kappa shape index (κ1) is 13.1. The van der Waals surface area contributed by atoms with Gasteiger partial charge < -0.3 is 0 Å². The third kappa shape index (κ3) is 2.92. The summed E-state index contributed by atoms with van der Waals surface area (Å²) in [5.41, 5.74) is 6.48. The van der Waals surface area contributed by atoms with Gasteiger partial charge in [-0.3, -0.25) is 0 Å². The van der Waals surface area contributed by atoms with E-state index in [9.17, 15) is 5.26 Å². The molecule has 0 saturated heterocycles. The molecule has 0 unspecified atom stereocenters. The van der Waals surface area contributed by atoms with E-state index in [1.165, 1.54) is 16.7 Å². The lowest BCUT2D eigenvalue weighted by molar-refractivity contribution is 1.30. The molecule has 1 nitrogen and oxygen atoms in total. The molecule has 19 heavy (non-hydrogen) atoms. The quantitative estimate of drug-likeness (QED) is 0.558. The minimum atomic E-state index is 0.704. The van der Waals surface area contributed by atoms with Crippen LogP contribution in [-0.2, 0) is 0 Å². The van der Waals surface area contributed by atoms with E-state index in [1.807, 2.05) is 36.4 Å². The van der Waals surface area contributed by atoms with E-state index in [0.29, 0.717) is 5.57 Å². The number of hydrogen-bond donors (Lipinski definition) is 0. The topological polar surface area (TPSA) is 23.8 Å². The molecule has 0 radical (unpaired) electrons. The zero-order valence-corrected chi connectivity index (χ0v) is 11.6. The lowest BCUT2D eigenvalue weighted by Gasteiger charge is -2.08. The molecule has 0 aliphatic rings. The fourth-order valence-electron chi connectivity index (χ4n) is 2.36. The number of aryl methyl sites for hydroxylation is 3. The standard InChI is InChI=1S/C18H17N/c1-13-9-14(2)18(15(3)10-13)11-17(12-19)16-7-5-4-6-8-16/h4-11H,1-3H3/b17-11+. The van der Waals surface area contributed by atoms with Crippen molar-refractivity contribution in [1.82, 2.24) is 0 Å². The lowest BCUT2D eigenvalue weighted by Crippen LogP contribution is -1.90. The van der Waals surface area contributed by atoms with Crippen molar-refractivity contribution in [2.24, 2.45) is 0 Å². The average molecular weight is 247 g/mol. The Balaban J connectivity index is 2.54. The van der Waals surface area contributed by atoms with Crippen molar-refractivity contribution in [2.75, 3.05) is 0 Å². The monoisotopic (exact) mass is 247 g/mol. The second-order valence-corrected chi connectivity index (χ2v) is 4.85. The second-order valence-electron chi connectivity index (χ2n) is 4.85. The predicted molar refractivity (Wildman–Crippen MR) is 80.6 cm³/mol. The van der Waals surface area contributed by atoms with Gasteiger partial charge in [0.15, 0.2) is 0 Å². The average Bonchev–Trinajstić information content (AvgIpc) is 2.39. The van der Waals surface area contributed by atoms with Gasteiger partial charge in [0.1, 0.15) is 0 Å². The third-order valence-corrected chi connectivity index (χ3v) is 3.23. The molecule has 0 bridgehead atoms. The maximum absolute atomic E-state index is 9.36. The Kier molecular flexibility index (Phi) is 3.82. The van der Waals surface area contributed by atoms with Gasteiger partial charge in [-0.1, -0.05) is 48.0 Å². The molecule has 94 valence electrons. The number of benzene rings is 2. The van der Waals surface area contributed by atoms with E-state index in [4.69, 9.17) is 0 Å². The van der Waals surface area contributed by atoms with Crippen molar-refractivity contribution < 1.29 is 0 Å². The summed E-state index contributed by atoms with van der Waals surface area (Å²) in [6.07, 6.45) is 1.99. The van der Waals surface area contributed by atoms with Crippen LogP contribution in [0.2, 0.25) is 0 Å². The molecule has 0 saturated carbocycles. The molecule has 0 N–H and O–H groups in total. The summed E-state index contributed by atoms with van der Waals surface area (Å²) < 4.78 is 0. The normalized spacial score (nSPS) is 11.2. The van der Waals surface area contributed by atoms with Crippen molar-refractivity contribution >= 4 is 11.6 Å². The zero-order valence-electron chi connectivity index (χ0n) is 11.6. The van der Waals surface area contributed by atoms with Gasteiger partial charge in [-0.2, -0.15) is 5.26 Å². The van der Waals surface area contributed by atoms with Gasteiger partial charge >= 0.3 is 0 Å². The Morgan fingerprint density at radius 2 is 1.58 bits per heavy atom. The van der Waals surface area contributed by atoms with Crippen LogP contribution < -0.4 is 0 Å². The van der Waals surface area contributed by atoms with E-state index in [0.717, 1.165) is 11.1 Å². The van der Waals surface area contributed by atoms with Crippen LogP contribution in [0.4, 0.5) is 0 Å². The smallest absolute Gasteiger partial charge is 0.0998 e. The van der Waals surface area contributed by atoms with E-state index in [-0.39, 0.29) is 0 Å². The lowest BCUT2D eigenvalue weighted by atomic mass is 9.96. The molecule has 1 heteroatoms. The zero-order chi connectivity index (χ0) is 13.8. The number of rotatable bonds is 2. The van der Waals surface area contributed by atoms with Gasteiger partial charge in [0.25, 0.3) is 0 Å². The fourth-order valence-corrected chi connectivity index (χ4v) is 2.36. The molecule has 2 aromatic rings. The molecule has 0 spiro atoms. The van der Waals surface area contributed by atoms with Crippen LogP contribution in [0.15, 0.2) is 42.5 Å². The fraction of sp³-hybridized carbons (Fsp3) is 0.167. The molecule has 2 rings (SSSR count). The Hall–Kier alpha value is -2.33. The van der Waals surface area contributed by atoms with Crippen LogP contribution in [0.5, 0.6) is 0 Å². The van der Waals surface area contributed by atoms with Crippen molar-refractivity contribution in [1.29, 1.82) is 5.26 Å². The van der Waals surface area contributed by atoms with Gasteiger partial charge in [-0.05, 0) is 49.1 Å². The Labute approximate surface area is 114 Å². The molecular weight excluding hydrogens is 230 g/mol. The van der Waals surface area contributed by atoms with E-state index in [2.05, 4.69) is 39.0 Å². The van der Waals surface area contributed by atoms with Gasteiger partial charge in [0, 0.05) is 0 Å². The predicted octanol–water partition coefficient (Wildman–Crippen LogP) is 4.68. The summed E-state index contributed by atoms with van der Waals surface area (Å²) in [4.78, 5) is 0. The molecule has 0 aliphatic carbocycles. The number of allylic oxidation sites excluding steroid dienone is 1. The summed E-state index contributed by atoms with van der Waals surface area (Å²) in [7, 11) is 0. The second kappa shape index (κ2) is 5.54. The maximum Gasteiger partial charge on any atom is 0.0998 e. The van der Waals surface area contributed by atoms with Crippen molar-refractivity contribution in [2.45, 2.75) is 20.8 Å². The summed E-state index contributed by atoms with van der Waals surface area (Å²) in [5, 5.41) is 9.36. The van der Waals surface area contributed by atoms with Gasteiger partial charge in [-0.25, -0.2) is 0 Å². The molecule has 0 amide bonds. The summed E-state index contributed by atoms with van der Waals surface area (Å²) in [6.45, 7) is 6.27. The van der Waals surface area contributed by atoms with Crippen LogP contribution in [0.1, 0.15) is 27.8 Å². The Morgan fingerprint density at radius 3 is 2.11 bits per heavy atom. The molecule has 2 aromatic carbocycles. The minimum Gasteiger partial charge on any atom is -0.192 e. The number of nitrogens with zero attached hydrogens (tertiary/aromatic N) is 1. The van der Waals surface area contributed by atoms with Gasteiger partial charge in [0.05, 0.1) is 11.6 Å². The van der Waals surface area contributed by atoms with Crippen LogP contribution >= 0.6 is 0 Å². The molecule has 0 heterocycles. The summed E-state index contributed by atoms with van der Waals surface area (Å²) in [5.74, 6) is 0. The van der Waals surface area contributed by atoms with Gasteiger partial charge in [-0.15, -0.1) is 0 Å². The molecule has 0 aromatic heterocycles. The van der Waals surface area contributed by atoms with Gasteiger partial charge in [0.2, 0.25) is 0 Å². The Morgan fingerprint density at radius 1 is 1.00 bits per heavy atom. The van der Waals surface area contributed by atoms with Crippen LogP contribution in [0.25, 0.3) is 11.6 Å². The van der Waals surface area contributed by atoms with E-state index < -0.39 is 0 Å². The molecule has 0 aliphatic heterocycles. The highest BCUT2D eigenvalue weighted by Gasteiger charge is 2.05. The summed E-state index contributed by atoms with van der Waals surface area (Å²) in [6, 6.07) is 16.4. The van der Waals surface area contributed by atoms with E-state index >= 15 is 0 Å². The van der Waals surface area contributed by atoms with E-state index in [1.54, 1.807) is 0 Å². The highest BCUT2D eigenvalue weighted by Crippen LogP contribution is 2.23. The first-order chi connectivity index (χ1) is 9.11. The van der Waals surface area contributed by atoms with Crippen molar-refractivity contribution in [3.8, 4) is 6.07 Å². The highest BCUT2D eigenvalue weighted by molar-refractivity contribution is 5.90. The largest absolute Gasteiger partial charge is 0.192 e. The third-order valence-electron chi connectivity index (χ3n) is 3.23. The first-order valence-corrected chi connectivity index (χ1v) is 6.37.